The smallest absolute Gasteiger partial charge is 0.389 e. The van der Waals surface area contributed by atoms with Crippen molar-refractivity contribution in [3.8, 4) is 0 Å². The summed E-state index contributed by atoms with van der Waals surface area (Å²) in [6, 6.07) is 6.05. The molecule has 3 N–H and O–H groups in total. The van der Waals surface area contributed by atoms with Crippen LogP contribution in [0.5, 0.6) is 0 Å². The number of hydrogen-bond acceptors (Lipinski definition) is 7. The van der Waals surface area contributed by atoms with Crippen molar-refractivity contribution in [1.82, 2.24) is 4.31 Å². The lowest BCUT2D eigenvalue weighted by atomic mass is 10.1. The lowest BCUT2D eigenvalue weighted by Gasteiger charge is -2.21. The number of rotatable bonds is 9. The zero-order valence-electron chi connectivity index (χ0n) is 16.1. The molecule has 0 fully saturated rings. The van der Waals surface area contributed by atoms with Crippen molar-refractivity contribution in [2.24, 2.45) is 0 Å². The second kappa shape index (κ2) is 12.6. The van der Waals surface area contributed by atoms with Crippen molar-refractivity contribution in [2.45, 2.75) is 40.3 Å². The summed E-state index contributed by atoms with van der Waals surface area (Å²) in [5, 5.41) is 8.41. The third-order valence-corrected chi connectivity index (χ3v) is 4.51. The Hall–Kier alpha value is -1.75. The lowest BCUT2D eigenvalue weighted by molar-refractivity contribution is -0.137. The van der Waals surface area contributed by atoms with Crippen LogP contribution in [0.4, 0.5) is 10.1 Å². The van der Waals surface area contributed by atoms with E-state index in [0.717, 1.165) is 23.7 Å². The number of nitrogens with two attached hydrogens (primary N) is 1. The van der Waals surface area contributed by atoms with E-state index in [2.05, 4.69) is 4.18 Å². The van der Waals surface area contributed by atoms with Gasteiger partial charge in [0.1, 0.15) is 19.5 Å². The number of hydrogen-bond donors (Lipinski definition) is 2. The van der Waals surface area contributed by atoms with Gasteiger partial charge in [0.25, 0.3) is 0 Å². The summed E-state index contributed by atoms with van der Waals surface area (Å²) in [7, 11) is -4.45. The van der Waals surface area contributed by atoms with Crippen LogP contribution >= 0.6 is 0 Å². The highest BCUT2D eigenvalue weighted by Gasteiger charge is 2.28. The van der Waals surface area contributed by atoms with E-state index in [9.17, 15) is 17.6 Å². The third-order valence-electron chi connectivity index (χ3n) is 3.22. The number of anilines is 1. The predicted molar refractivity (Wildman–Crippen MR) is 101 cm³/mol. The molecule has 0 heterocycles. The second-order valence-corrected chi connectivity index (χ2v) is 7.37. The minimum absolute atomic E-state index is 0.292. The standard InChI is InChI=1S/C9H18FNO6S.C8H11N/c1-3-4-16-7-11(5-8(2)10)18(14,15)17-9(13)6-12;1-6-4-3-5-7(2)8(6)9/h8,12H,3-7H2,1-2H3;3-5H,9H2,1-2H3. The van der Waals surface area contributed by atoms with Crippen molar-refractivity contribution in [1.29, 1.82) is 0 Å². The average Bonchev–Trinajstić information content (AvgIpc) is 2.58. The largest absolute Gasteiger partial charge is 0.398 e. The van der Waals surface area contributed by atoms with E-state index in [1.165, 1.54) is 0 Å². The highest BCUT2D eigenvalue weighted by Crippen LogP contribution is 2.13. The van der Waals surface area contributed by atoms with Crippen LogP contribution in [0.25, 0.3) is 0 Å². The first-order chi connectivity index (χ1) is 12.5. The second-order valence-electron chi connectivity index (χ2n) is 5.83. The van der Waals surface area contributed by atoms with Gasteiger partial charge in [-0.05, 0) is 38.3 Å². The summed E-state index contributed by atoms with van der Waals surface area (Å²) in [6.45, 7) is 5.33. The van der Waals surface area contributed by atoms with Crippen molar-refractivity contribution in [3.05, 3.63) is 29.3 Å². The fraction of sp³-hybridized carbons (Fsp3) is 0.588. The van der Waals surface area contributed by atoms with Crippen LogP contribution in [0.15, 0.2) is 18.2 Å². The molecule has 1 atom stereocenters. The zero-order valence-corrected chi connectivity index (χ0v) is 17.0. The quantitative estimate of drug-likeness (QED) is 0.362. The fourth-order valence-electron chi connectivity index (χ4n) is 1.82. The van der Waals surface area contributed by atoms with Gasteiger partial charge >= 0.3 is 16.3 Å². The predicted octanol–water partition coefficient (Wildman–Crippen LogP) is 1.70. The number of ether oxygens (including phenoxy) is 1. The minimum atomic E-state index is -4.45. The number of carbonyl (C=O) groups is 1. The molecule has 1 aromatic rings. The average molecular weight is 408 g/mol. The minimum Gasteiger partial charge on any atom is -0.398 e. The number of para-hydroxylation sites is 1. The molecule has 10 heteroatoms. The van der Waals surface area contributed by atoms with Crippen molar-refractivity contribution >= 4 is 22.0 Å². The Labute approximate surface area is 160 Å². The first-order valence-corrected chi connectivity index (χ1v) is 9.78. The molecular formula is C17H29FN2O6S. The first kappa shape index (κ1) is 25.2. The molecule has 0 saturated carbocycles. The van der Waals surface area contributed by atoms with Gasteiger partial charge < -0.3 is 19.8 Å². The van der Waals surface area contributed by atoms with Crippen LogP contribution < -0.4 is 5.73 Å². The molecule has 0 spiro atoms. The monoisotopic (exact) mass is 408 g/mol. The molecule has 0 bridgehead atoms. The summed E-state index contributed by atoms with van der Waals surface area (Å²) >= 11 is 0. The summed E-state index contributed by atoms with van der Waals surface area (Å²) in [5.74, 6) is -1.33. The number of carbonyl (C=O) groups excluding carboxylic acids is 1. The van der Waals surface area contributed by atoms with Crippen LogP contribution in [0, 0.1) is 13.8 Å². The van der Waals surface area contributed by atoms with Gasteiger partial charge in [-0.15, -0.1) is 4.31 Å². The normalized spacial score (nSPS) is 12.3. The summed E-state index contributed by atoms with van der Waals surface area (Å²) < 4.78 is 45.5. The fourth-order valence-corrected chi connectivity index (χ4v) is 2.81. The molecule has 1 unspecified atom stereocenters. The lowest BCUT2D eigenvalue weighted by Crippen LogP contribution is -2.39. The van der Waals surface area contributed by atoms with Crippen molar-refractivity contribution in [3.63, 3.8) is 0 Å². The first-order valence-electron chi connectivity index (χ1n) is 8.41. The van der Waals surface area contributed by atoms with E-state index in [1.54, 1.807) is 0 Å². The highest BCUT2D eigenvalue weighted by molar-refractivity contribution is 7.84. The number of alkyl halides is 1. The topological polar surface area (TPSA) is 119 Å². The molecule has 0 aliphatic carbocycles. The number of aliphatic hydroxyl groups excluding tert-OH is 1. The number of benzene rings is 1. The van der Waals surface area contributed by atoms with Crippen molar-refractivity contribution < 1.29 is 31.6 Å². The Morgan fingerprint density at radius 1 is 1.33 bits per heavy atom. The number of nitrogen functional groups attached to an aromatic ring is 1. The Balaban J connectivity index is 0.000000621. The molecule has 0 aliphatic heterocycles. The van der Waals surface area contributed by atoms with Crippen LogP contribution in [0.2, 0.25) is 0 Å². The van der Waals surface area contributed by atoms with Gasteiger partial charge in [-0.2, -0.15) is 8.42 Å². The van der Waals surface area contributed by atoms with Crippen LogP contribution in [-0.2, 0) is 24.0 Å². The summed E-state index contributed by atoms with van der Waals surface area (Å²) in [6.07, 6.45) is -0.784. The van der Waals surface area contributed by atoms with E-state index in [1.807, 2.05) is 39.0 Å². The molecule has 0 aliphatic rings. The number of aryl methyl sites for hydroxylation is 2. The van der Waals surface area contributed by atoms with E-state index in [0.29, 0.717) is 17.3 Å². The maximum Gasteiger partial charge on any atom is 0.389 e. The SMILES string of the molecule is CCCOCN(CC(C)F)S(=O)(=O)OC(=O)CO.Cc1cccc(C)c1N. The Morgan fingerprint density at radius 3 is 2.30 bits per heavy atom. The van der Waals surface area contributed by atoms with Gasteiger partial charge in [0.05, 0.1) is 6.54 Å². The molecular weight excluding hydrogens is 379 g/mol. The summed E-state index contributed by atoms with van der Waals surface area (Å²) in [5.41, 5.74) is 8.92. The Kier molecular flexibility index (Phi) is 11.8. The van der Waals surface area contributed by atoms with Gasteiger partial charge in [-0.3, -0.25) is 0 Å². The molecule has 0 saturated heterocycles. The number of nitrogens with zero attached hydrogens (tertiary/aromatic N) is 1. The van der Waals surface area contributed by atoms with E-state index >= 15 is 0 Å². The number of aliphatic hydroxyl groups is 1. The molecule has 0 aromatic heterocycles. The van der Waals surface area contributed by atoms with Gasteiger partial charge in [0, 0.05) is 12.3 Å². The maximum atomic E-state index is 12.9. The highest BCUT2D eigenvalue weighted by atomic mass is 32.2. The molecule has 27 heavy (non-hydrogen) atoms. The molecule has 0 radical (unpaired) electrons. The van der Waals surface area contributed by atoms with E-state index in [4.69, 9.17) is 15.6 Å². The van der Waals surface area contributed by atoms with Gasteiger partial charge in [0.2, 0.25) is 0 Å². The molecule has 8 nitrogen and oxygen atoms in total. The van der Waals surface area contributed by atoms with E-state index < -0.39 is 42.3 Å². The molecule has 156 valence electrons. The summed E-state index contributed by atoms with van der Waals surface area (Å²) in [4.78, 5) is 10.7. The Bertz CT molecular complexity index is 662. The zero-order chi connectivity index (χ0) is 21.0. The number of halogens is 1. The maximum absolute atomic E-state index is 12.9. The van der Waals surface area contributed by atoms with Crippen LogP contribution in [-0.4, -0.2) is 56.5 Å². The van der Waals surface area contributed by atoms with Crippen LogP contribution in [0.3, 0.4) is 0 Å². The molecule has 0 amide bonds. The molecule has 1 rings (SSSR count). The third kappa shape index (κ3) is 10.2. The Morgan fingerprint density at radius 2 is 1.89 bits per heavy atom. The van der Waals surface area contributed by atoms with E-state index in [-0.39, 0.29) is 0 Å². The molecule has 1 aromatic carbocycles. The van der Waals surface area contributed by atoms with Gasteiger partial charge in [-0.1, -0.05) is 25.1 Å². The van der Waals surface area contributed by atoms with Gasteiger partial charge in [0.15, 0.2) is 0 Å². The van der Waals surface area contributed by atoms with Gasteiger partial charge in [-0.25, -0.2) is 9.18 Å². The van der Waals surface area contributed by atoms with Crippen molar-refractivity contribution in [2.75, 3.05) is 32.2 Å². The van der Waals surface area contributed by atoms with Crippen LogP contribution in [0.1, 0.15) is 31.4 Å².